The third-order valence-corrected chi connectivity index (χ3v) is 3.19. The van der Waals surface area contributed by atoms with Crippen molar-refractivity contribution in [1.82, 2.24) is 4.90 Å². The summed E-state index contributed by atoms with van der Waals surface area (Å²) in [4.78, 5) is 35.4. The van der Waals surface area contributed by atoms with Gasteiger partial charge < -0.3 is 9.64 Å². The second kappa shape index (κ2) is 7.38. The zero-order valence-corrected chi connectivity index (χ0v) is 13.1. The second-order valence-electron chi connectivity index (χ2n) is 6.39. The van der Waals surface area contributed by atoms with Crippen LogP contribution in [0.4, 0.5) is 0 Å². The van der Waals surface area contributed by atoms with Crippen molar-refractivity contribution < 1.29 is 19.2 Å². The van der Waals surface area contributed by atoms with Crippen LogP contribution in [0.25, 0.3) is 0 Å². The van der Waals surface area contributed by atoms with Gasteiger partial charge in [-0.15, -0.1) is 0 Å². The summed E-state index contributed by atoms with van der Waals surface area (Å²) in [6.07, 6.45) is 0.210. The van der Waals surface area contributed by atoms with E-state index < -0.39 is 22.9 Å². The van der Waals surface area contributed by atoms with Crippen molar-refractivity contribution >= 4 is 11.9 Å². The number of hydrogen-bond acceptors (Lipinski definition) is 5. The van der Waals surface area contributed by atoms with Gasteiger partial charge in [0, 0.05) is 24.4 Å². The quantitative estimate of drug-likeness (QED) is 0.383. The number of carbonyl (C=O) groups is 2. The van der Waals surface area contributed by atoms with Crippen molar-refractivity contribution in [3.05, 3.63) is 10.1 Å². The highest BCUT2D eigenvalue weighted by Crippen LogP contribution is 2.34. The summed E-state index contributed by atoms with van der Waals surface area (Å²) in [6, 6.07) is -0.838. The van der Waals surface area contributed by atoms with Crippen LogP contribution in [-0.2, 0) is 14.3 Å². The lowest BCUT2D eigenvalue weighted by molar-refractivity contribution is -0.497. The number of hydrogen-bond donors (Lipinski definition) is 0. The number of esters is 1. The molecule has 2 atom stereocenters. The molecule has 1 aliphatic carbocycles. The predicted octanol–water partition coefficient (Wildman–Crippen LogP) is 1.34. The Morgan fingerprint density at radius 3 is 2.14 bits per heavy atom. The molecule has 0 spiro atoms. The number of ether oxygens (including phenoxy) is 1. The van der Waals surface area contributed by atoms with Crippen LogP contribution in [0.1, 0.15) is 34.1 Å². The van der Waals surface area contributed by atoms with Crippen LogP contribution in [0.2, 0.25) is 0 Å². The lowest BCUT2D eigenvalue weighted by atomic mass is 10.1. The van der Waals surface area contributed by atoms with Gasteiger partial charge in [-0.25, -0.2) is 0 Å². The summed E-state index contributed by atoms with van der Waals surface area (Å²) in [5, 5.41) is 10.5. The van der Waals surface area contributed by atoms with Gasteiger partial charge in [-0.3, -0.25) is 19.7 Å². The maximum Gasteiger partial charge on any atom is 0.316 e. The number of amides is 1. The molecule has 120 valence electrons. The highest BCUT2D eigenvalue weighted by atomic mass is 16.6. The molecule has 1 fully saturated rings. The van der Waals surface area contributed by atoms with E-state index in [-0.39, 0.29) is 18.9 Å². The van der Waals surface area contributed by atoms with Gasteiger partial charge in [-0.1, -0.05) is 27.7 Å². The standard InChI is InChI=1S/C14H24N2O5/c1-9(2)6-15(7-10(3)4)13(17)8-21-14(18)11-5-12(11)16(19)20/h9-12H,5-8H2,1-4H3. The topological polar surface area (TPSA) is 89.8 Å². The van der Waals surface area contributed by atoms with Crippen molar-refractivity contribution in [3.63, 3.8) is 0 Å². The molecule has 1 amide bonds. The molecule has 1 rings (SSSR count). The van der Waals surface area contributed by atoms with Crippen LogP contribution in [0, 0.1) is 27.9 Å². The van der Waals surface area contributed by atoms with E-state index in [1.54, 1.807) is 4.90 Å². The molecule has 21 heavy (non-hydrogen) atoms. The SMILES string of the molecule is CC(C)CN(CC(C)C)C(=O)COC(=O)C1CC1[N+](=O)[O-]. The normalized spacial score (nSPS) is 20.5. The molecule has 1 saturated carbocycles. The molecule has 0 aromatic rings. The van der Waals surface area contributed by atoms with Gasteiger partial charge in [0.1, 0.15) is 5.92 Å². The fraction of sp³-hybridized carbons (Fsp3) is 0.857. The predicted molar refractivity (Wildman–Crippen MR) is 76.1 cm³/mol. The zero-order valence-electron chi connectivity index (χ0n) is 13.1. The molecule has 7 heteroatoms. The lowest BCUT2D eigenvalue weighted by Crippen LogP contribution is -2.39. The maximum absolute atomic E-state index is 12.1. The number of rotatable bonds is 8. The van der Waals surface area contributed by atoms with Gasteiger partial charge in [-0.2, -0.15) is 0 Å². The van der Waals surface area contributed by atoms with Gasteiger partial charge in [0.2, 0.25) is 6.04 Å². The van der Waals surface area contributed by atoms with E-state index in [1.165, 1.54) is 0 Å². The molecule has 0 saturated heterocycles. The Morgan fingerprint density at radius 2 is 1.76 bits per heavy atom. The molecule has 0 aliphatic heterocycles. The summed E-state index contributed by atoms with van der Waals surface area (Å²) < 4.78 is 4.92. The average molecular weight is 300 g/mol. The van der Waals surface area contributed by atoms with E-state index >= 15 is 0 Å². The molecule has 7 nitrogen and oxygen atoms in total. The van der Waals surface area contributed by atoms with E-state index in [1.807, 2.05) is 27.7 Å². The van der Waals surface area contributed by atoms with Crippen LogP contribution in [0.3, 0.4) is 0 Å². The molecule has 0 heterocycles. The molecular formula is C14H24N2O5. The van der Waals surface area contributed by atoms with E-state index in [9.17, 15) is 19.7 Å². The lowest BCUT2D eigenvalue weighted by Gasteiger charge is -2.26. The van der Waals surface area contributed by atoms with E-state index in [0.717, 1.165) is 0 Å². The van der Waals surface area contributed by atoms with E-state index in [0.29, 0.717) is 24.9 Å². The number of nitrogens with zero attached hydrogens (tertiary/aromatic N) is 2. The molecule has 0 aromatic carbocycles. The minimum Gasteiger partial charge on any atom is -0.455 e. The monoisotopic (exact) mass is 300 g/mol. The van der Waals surface area contributed by atoms with Gasteiger partial charge >= 0.3 is 5.97 Å². The first-order valence-electron chi connectivity index (χ1n) is 7.30. The fourth-order valence-electron chi connectivity index (χ4n) is 2.16. The molecule has 0 bridgehead atoms. The second-order valence-corrected chi connectivity index (χ2v) is 6.39. The zero-order chi connectivity index (χ0) is 16.2. The summed E-state index contributed by atoms with van der Waals surface area (Å²) in [5.74, 6) is -0.920. The first-order chi connectivity index (χ1) is 9.72. The van der Waals surface area contributed by atoms with Crippen LogP contribution in [-0.4, -0.2) is 47.4 Å². The molecule has 1 aliphatic rings. The largest absolute Gasteiger partial charge is 0.455 e. The Morgan fingerprint density at radius 1 is 1.24 bits per heavy atom. The maximum atomic E-state index is 12.1. The first-order valence-corrected chi connectivity index (χ1v) is 7.30. The van der Waals surface area contributed by atoms with Gasteiger partial charge in [-0.05, 0) is 11.8 Å². The molecule has 0 N–H and O–H groups in total. The van der Waals surface area contributed by atoms with Gasteiger partial charge in [0.05, 0.1) is 0 Å². The number of carbonyl (C=O) groups excluding carboxylic acids is 2. The van der Waals surface area contributed by atoms with Crippen molar-refractivity contribution in [1.29, 1.82) is 0 Å². The van der Waals surface area contributed by atoms with Crippen LogP contribution < -0.4 is 0 Å². The highest BCUT2D eigenvalue weighted by molar-refractivity contribution is 5.82. The molecule has 0 aromatic heterocycles. The van der Waals surface area contributed by atoms with Crippen molar-refractivity contribution in [2.45, 2.75) is 40.2 Å². The third-order valence-electron chi connectivity index (χ3n) is 3.19. The van der Waals surface area contributed by atoms with E-state index in [4.69, 9.17) is 4.74 Å². The average Bonchev–Trinajstić information content (AvgIpc) is 3.13. The molecule has 0 radical (unpaired) electrons. The Bertz CT molecular complexity index is 398. The van der Waals surface area contributed by atoms with Crippen molar-refractivity contribution in [2.24, 2.45) is 17.8 Å². The van der Waals surface area contributed by atoms with Crippen molar-refractivity contribution in [2.75, 3.05) is 19.7 Å². The van der Waals surface area contributed by atoms with Gasteiger partial charge in [0.15, 0.2) is 6.61 Å². The Labute approximate surface area is 124 Å². The van der Waals surface area contributed by atoms with Crippen LogP contribution in [0.5, 0.6) is 0 Å². The molecular weight excluding hydrogens is 276 g/mol. The highest BCUT2D eigenvalue weighted by Gasteiger charge is 2.54. The fourth-order valence-corrected chi connectivity index (χ4v) is 2.16. The first kappa shape index (κ1) is 17.4. The Hall–Kier alpha value is -1.66. The van der Waals surface area contributed by atoms with Crippen LogP contribution >= 0.6 is 0 Å². The third kappa shape index (κ3) is 5.69. The van der Waals surface area contributed by atoms with E-state index in [2.05, 4.69) is 0 Å². The summed E-state index contributed by atoms with van der Waals surface area (Å²) >= 11 is 0. The number of nitro groups is 1. The summed E-state index contributed by atoms with van der Waals surface area (Å²) in [5.41, 5.74) is 0. The summed E-state index contributed by atoms with van der Waals surface area (Å²) in [7, 11) is 0. The van der Waals surface area contributed by atoms with Gasteiger partial charge in [0.25, 0.3) is 5.91 Å². The minimum absolute atomic E-state index is 0.210. The Balaban J connectivity index is 2.42. The minimum atomic E-state index is -0.838. The van der Waals surface area contributed by atoms with Crippen molar-refractivity contribution in [3.8, 4) is 0 Å². The summed E-state index contributed by atoms with van der Waals surface area (Å²) in [6.45, 7) is 8.93. The van der Waals surface area contributed by atoms with Crippen LogP contribution in [0.15, 0.2) is 0 Å². The molecule has 2 unspecified atom stereocenters. The smallest absolute Gasteiger partial charge is 0.316 e. The Kier molecular flexibility index (Phi) is 6.11.